The highest BCUT2D eigenvalue weighted by Gasteiger charge is 2.36. The topological polar surface area (TPSA) is 162 Å². The van der Waals surface area contributed by atoms with Crippen molar-refractivity contribution in [2.45, 2.75) is 24.7 Å². The normalized spacial score (nSPS) is 27.6. The van der Waals surface area contributed by atoms with Crippen LogP contribution < -0.4 is 0 Å². The Bertz CT molecular complexity index is 451. The third-order valence-electron chi connectivity index (χ3n) is 2.42. The van der Waals surface area contributed by atoms with Crippen LogP contribution in [-0.4, -0.2) is 61.5 Å². The van der Waals surface area contributed by atoms with E-state index in [2.05, 4.69) is 4.74 Å². The molecule has 0 saturated heterocycles. The van der Waals surface area contributed by atoms with E-state index in [1.165, 1.54) is 0 Å². The van der Waals surface area contributed by atoms with Crippen molar-refractivity contribution in [3.05, 3.63) is 11.6 Å². The van der Waals surface area contributed by atoms with Crippen LogP contribution in [0, 0.1) is 0 Å². The van der Waals surface area contributed by atoms with Gasteiger partial charge in [0, 0.05) is 12.0 Å². The fourth-order valence-electron chi connectivity index (χ4n) is 1.57. The van der Waals surface area contributed by atoms with Gasteiger partial charge in [-0.3, -0.25) is 9.36 Å². The highest BCUT2D eigenvalue weighted by atomic mass is 31.2. The zero-order valence-corrected chi connectivity index (χ0v) is 10.4. The minimum Gasteiger partial charge on any atom is -0.478 e. The lowest BCUT2D eigenvalue weighted by Gasteiger charge is -2.29. The minimum absolute atomic E-state index is 0.258. The zero-order chi connectivity index (χ0) is 14.8. The predicted molar refractivity (Wildman–Crippen MR) is 59.1 cm³/mol. The summed E-state index contributed by atoms with van der Waals surface area (Å²) < 4.78 is 15.2. The third-order valence-corrected chi connectivity index (χ3v) is 3.09. The van der Waals surface area contributed by atoms with Gasteiger partial charge >= 0.3 is 19.5 Å². The SMILES string of the molecule is O=C(CP(=O)(O)O)O[C@@H]1CC(C(=O)O)=C[C@@H](O)[C@H]1O. The molecule has 1 aliphatic carbocycles. The van der Waals surface area contributed by atoms with Gasteiger partial charge in [-0.1, -0.05) is 0 Å². The molecule has 0 aromatic rings. The predicted octanol–water partition coefficient (Wildman–Crippen LogP) is -1.79. The lowest BCUT2D eigenvalue weighted by atomic mass is 9.92. The maximum absolute atomic E-state index is 11.2. The number of hydrogen-bond donors (Lipinski definition) is 5. The number of carbonyl (C=O) groups is 2. The van der Waals surface area contributed by atoms with Gasteiger partial charge in [-0.05, 0) is 6.08 Å². The molecule has 1 aliphatic rings. The Morgan fingerprint density at radius 1 is 1.37 bits per heavy atom. The van der Waals surface area contributed by atoms with Gasteiger partial charge in [-0.25, -0.2) is 4.79 Å². The molecule has 0 aromatic heterocycles. The second kappa shape index (κ2) is 5.81. The first-order valence-electron chi connectivity index (χ1n) is 5.14. The molecule has 1 rings (SSSR count). The maximum atomic E-state index is 11.2. The van der Waals surface area contributed by atoms with E-state index in [0.29, 0.717) is 0 Å². The molecule has 0 heterocycles. The van der Waals surface area contributed by atoms with Gasteiger partial charge in [0.25, 0.3) is 0 Å². The average Bonchev–Trinajstić information content (AvgIpc) is 2.21. The second-order valence-corrected chi connectivity index (χ2v) is 5.68. The monoisotopic (exact) mass is 296 g/mol. The summed E-state index contributed by atoms with van der Waals surface area (Å²) in [5.74, 6) is -2.63. The van der Waals surface area contributed by atoms with E-state index < -0.39 is 44.0 Å². The average molecular weight is 296 g/mol. The molecule has 0 unspecified atom stereocenters. The number of aliphatic carboxylic acids is 1. The molecule has 0 saturated carbocycles. The van der Waals surface area contributed by atoms with Crippen LogP contribution in [0.5, 0.6) is 0 Å². The number of carboxylic acid groups (broad SMARTS) is 1. The first kappa shape index (κ1) is 15.8. The Morgan fingerprint density at radius 2 is 1.95 bits per heavy atom. The standard InChI is InChI=1S/C9H13O9P/c10-5-1-4(9(13)14)2-6(8(5)12)18-7(11)3-19(15,16)17/h1,5-6,8,10,12H,2-3H2,(H,13,14)(H2,15,16,17)/t5-,6-,8-/m1/s1. The Labute approximate surface area is 107 Å². The van der Waals surface area contributed by atoms with E-state index >= 15 is 0 Å². The van der Waals surface area contributed by atoms with Crippen LogP contribution in [0.3, 0.4) is 0 Å². The van der Waals surface area contributed by atoms with Crippen molar-refractivity contribution in [3.8, 4) is 0 Å². The number of carbonyl (C=O) groups excluding carboxylic acids is 1. The molecule has 0 aliphatic heterocycles. The number of esters is 1. The molecule has 3 atom stereocenters. The summed E-state index contributed by atoms with van der Waals surface area (Å²) in [4.78, 5) is 39.1. The fraction of sp³-hybridized carbons (Fsp3) is 0.556. The van der Waals surface area contributed by atoms with Crippen LogP contribution in [0.2, 0.25) is 0 Å². The Kier molecular flexibility index (Phi) is 4.83. The first-order valence-corrected chi connectivity index (χ1v) is 6.94. The molecule has 0 spiro atoms. The summed E-state index contributed by atoms with van der Waals surface area (Å²) in [7, 11) is -4.61. The molecule has 0 radical (unpaired) electrons. The molecule has 0 amide bonds. The van der Waals surface area contributed by atoms with E-state index in [-0.39, 0.29) is 12.0 Å². The smallest absolute Gasteiger partial charge is 0.336 e. The van der Waals surface area contributed by atoms with Crippen molar-refractivity contribution in [2.24, 2.45) is 0 Å². The Morgan fingerprint density at radius 3 is 2.42 bits per heavy atom. The van der Waals surface area contributed by atoms with Crippen LogP contribution in [0.25, 0.3) is 0 Å². The van der Waals surface area contributed by atoms with Gasteiger partial charge in [0.15, 0.2) is 0 Å². The van der Waals surface area contributed by atoms with Crippen LogP contribution in [0.4, 0.5) is 0 Å². The summed E-state index contributed by atoms with van der Waals surface area (Å²) in [5.41, 5.74) is -0.258. The number of aliphatic hydroxyl groups excluding tert-OH is 2. The van der Waals surface area contributed by atoms with E-state index in [4.69, 9.17) is 14.9 Å². The van der Waals surface area contributed by atoms with Gasteiger partial charge in [0.1, 0.15) is 24.5 Å². The summed E-state index contributed by atoms with van der Waals surface area (Å²) >= 11 is 0. The lowest BCUT2D eigenvalue weighted by molar-refractivity contribution is -0.157. The second-order valence-electron chi connectivity index (χ2n) is 4.03. The van der Waals surface area contributed by atoms with Gasteiger partial charge in [-0.15, -0.1) is 0 Å². The number of hydrogen-bond acceptors (Lipinski definition) is 6. The van der Waals surface area contributed by atoms with Crippen LogP contribution in [-0.2, 0) is 18.9 Å². The number of carboxylic acids is 1. The summed E-state index contributed by atoms with van der Waals surface area (Å²) in [6.07, 6.45) is -5.08. The fourth-order valence-corrected chi connectivity index (χ4v) is 1.99. The quantitative estimate of drug-likeness (QED) is 0.298. The molecule has 0 bridgehead atoms. The molecule has 19 heavy (non-hydrogen) atoms. The molecular weight excluding hydrogens is 283 g/mol. The number of aliphatic hydroxyl groups is 2. The van der Waals surface area contributed by atoms with Crippen LogP contribution >= 0.6 is 7.60 Å². The Hall–Kier alpha value is -1.25. The maximum Gasteiger partial charge on any atom is 0.336 e. The van der Waals surface area contributed by atoms with Gasteiger partial charge in [0.2, 0.25) is 0 Å². The van der Waals surface area contributed by atoms with Crippen molar-refractivity contribution >= 4 is 19.5 Å². The van der Waals surface area contributed by atoms with Crippen LogP contribution in [0.1, 0.15) is 6.42 Å². The van der Waals surface area contributed by atoms with Crippen molar-refractivity contribution in [1.29, 1.82) is 0 Å². The Balaban J connectivity index is 2.73. The lowest BCUT2D eigenvalue weighted by Crippen LogP contribution is -2.43. The summed E-state index contributed by atoms with van der Waals surface area (Å²) in [6.45, 7) is 0. The molecule has 5 N–H and O–H groups in total. The van der Waals surface area contributed by atoms with Crippen molar-refractivity contribution in [1.82, 2.24) is 0 Å². The molecule has 9 nitrogen and oxygen atoms in total. The van der Waals surface area contributed by atoms with Crippen molar-refractivity contribution in [3.63, 3.8) is 0 Å². The largest absolute Gasteiger partial charge is 0.478 e. The number of rotatable bonds is 4. The molecule has 0 fully saturated rings. The van der Waals surface area contributed by atoms with Gasteiger partial charge in [0.05, 0.1) is 0 Å². The first-order chi connectivity index (χ1) is 8.60. The summed E-state index contributed by atoms with van der Waals surface area (Å²) in [5, 5.41) is 27.7. The third kappa shape index (κ3) is 4.73. The minimum atomic E-state index is -4.61. The van der Waals surface area contributed by atoms with Gasteiger partial charge < -0.3 is 29.8 Å². The molecule has 10 heteroatoms. The zero-order valence-electron chi connectivity index (χ0n) is 9.54. The van der Waals surface area contributed by atoms with E-state index in [0.717, 1.165) is 6.08 Å². The van der Waals surface area contributed by atoms with E-state index in [9.17, 15) is 24.4 Å². The highest BCUT2D eigenvalue weighted by molar-refractivity contribution is 7.52. The van der Waals surface area contributed by atoms with Gasteiger partial charge in [-0.2, -0.15) is 0 Å². The summed E-state index contributed by atoms with van der Waals surface area (Å²) in [6, 6.07) is 0. The van der Waals surface area contributed by atoms with E-state index in [1.54, 1.807) is 0 Å². The highest BCUT2D eigenvalue weighted by Crippen LogP contribution is 2.34. The molecule has 108 valence electrons. The number of ether oxygens (including phenoxy) is 1. The van der Waals surface area contributed by atoms with E-state index in [1.807, 2.05) is 0 Å². The molecule has 0 aromatic carbocycles. The van der Waals surface area contributed by atoms with Crippen molar-refractivity contribution < 1.29 is 44.0 Å². The van der Waals surface area contributed by atoms with Crippen LogP contribution in [0.15, 0.2) is 11.6 Å². The molecular formula is C9H13O9P. The van der Waals surface area contributed by atoms with Crippen molar-refractivity contribution in [2.75, 3.05) is 6.16 Å².